The molecule has 0 amide bonds. The molecule has 240 valence electrons. The minimum atomic E-state index is -0.121. The summed E-state index contributed by atoms with van der Waals surface area (Å²) in [5.41, 5.74) is 0. The van der Waals surface area contributed by atoms with Crippen LogP contribution in [0.5, 0.6) is 0 Å². The highest BCUT2D eigenvalue weighted by molar-refractivity contribution is 5.69. The van der Waals surface area contributed by atoms with Crippen LogP contribution >= 0.6 is 0 Å². The molecular formula is C32H64O8. The van der Waals surface area contributed by atoms with E-state index < -0.39 is 0 Å². The summed E-state index contributed by atoms with van der Waals surface area (Å²) in [7, 11) is 0. The maximum atomic E-state index is 11.8. The molecule has 0 fully saturated rings. The molecule has 0 saturated carbocycles. The number of rotatable bonds is 35. The number of ether oxygens (including phenoxy) is 7. The molecular weight excluding hydrogens is 512 g/mol. The van der Waals surface area contributed by atoms with E-state index in [0.29, 0.717) is 85.7 Å². The second-order valence-electron chi connectivity index (χ2n) is 10.2. The summed E-state index contributed by atoms with van der Waals surface area (Å²) in [6.45, 7) is 11.4. The van der Waals surface area contributed by atoms with Crippen molar-refractivity contribution in [1.82, 2.24) is 0 Å². The molecule has 0 saturated heterocycles. The maximum Gasteiger partial charge on any atom is 0.305 e. The average molecular weight is 577 g/mol. The average Bonchev–Trinajstić information content (AvgIpc) is 2.96. The van der Waals surface area contributed by atoms with Gasteiger partial charge in [0.15, 0.2) is 0 Å². The van der Waals surface area contributed by atoms with Crippen molar-refractivity contribution in [2.75, 3.05) is 85.9 Å². The molecule has 0 N–H and O–H groups in total. The van der Waals surface area contributed by atoms with Gasteiger partial charge >= 0.3 is 5.97 Å². The zero-order chi connectivity index (χ0) is 29.0. The van der Waals surface area contributed by atoms with Crippen LogP contribution in [-0.4, -0.2) is 91.9 Å². The maximum absolute atomic E-state index is 11.8. The van der Waals surface area contributed by atoms with Crippen LogP contribution in [0.2, 0.25) is 0 Å². The van der Waals surface area contributed by atoms with Gasteiger partial charge in [0.2, 0.25) is 0 Å². The smallest absolute Gasteiger partial charge is 0.305 e. The van der Waals surface area contributed by atoms with E-state index >= 15 is 0 Å². The third-order valence-corrected chi connectivity index (χ3v) is 6.48. The lowest BCUT2D eigenvalue weighted by molar-refractivity contribution is -0.145. The molecule has 8 nitrogen and oxygen atoms in total. The van der Waals surface area contributed by atoms with E-state index in [9.17, 15) is 4.79 Å². The van der Waals surface area contributed by atoms with Crippen LogP contribution in [0.1, 0.15) is 117 Å². The predicted octanol–water partition coefficient (Wildman–Crippen LogP) is 6.91. The van der Waals surface area contributed by atoms with Gasteiger partial charge in [-0.05, 0) is 12.8 Å². The van der Waals surface area contributed by atoms with E-state index in [1.807, 2.05) is 0 Å². The summed E-state index contributed by atoms with van der Waals surface area (Å²) in [5.74, 6) is -0.121. The third kappa shape index (κ3) is 35.3. The van der Waals surface area contributed by atoms with Crippen molar-refractivity contribution in [3.8, 4) is 0 Å². The Bertz CT molecular complexity index is 478. The Kier molecular flexibility index (Phi) is 35.6. The Hall–Kier alpha value is -0.770. The van der Waals surface area contributed by atoms with Gasteiger partial charge in [-0.3, -0.25) is 4.79 Å². The summed E-state index contributed by atoms with van der Waals surface area (Å²) in [6.07, 6.45) is 19.7. The van der Waals surface area contributed by atoms with Crippen molar-refractivity contribution in [2.24, 2.45) is 0 Å². The summed E-state index contributed by atoms with van der Waals surface area (Å²) in [5, 5.41) is 0. The zero-order valence-corrected chi connectivity index (χ0v) is 26.3. The third-order valence-electron chi connectivity index (χ3n) is 6.48. The van der Waals surface area contributed by atoms with Gasteiger partial charge in [-0.2, -0.15) is 0 Å². The Labute approximate surface area is 246 Å². The highest BCUT2D eigenvalue weighted by atomic mass is 16.6. The Balaban J connectivity index is 3.13. The standard InChI is InChI=1S/C32H64O8/c1-3-5-7-8-9-10-11-12-13-14-15-16-17-18-32(33)40-31-30-39-29-28-38-27-26-37-25-24-36-23-22-35-21-20-34-19-6-4-2/h3-31H2,1-2H3. The molecule has 0 bridgehead atoms. The van der Waals surface area contributed by atoms with E-state index in [1.165, 1.54) is 70.6 Å². The number of hydrogen-bond donors (Lipinski definition) is 0. The van der Waals surface area contributed by atoms with Gasteiger partial charge in [0.1, 0.15) is 6.61 Å². The van der Waals surface area contributed by atoms with Crippen LogP contribution in [0.3, 0.4) is 0 Å². The second kappa shape index (κ2) is 36.3. The van der Waals surface area contributed by atoms with Crippen LogP contribution in [0, 0.1) is 0 Å². The van der Waals surface area contributed by atoms with Gasteiger partial charge in [0.25, 0.3) is 0 Å². The first-order valence-corrected chi connectivity index (χ1v) is 16.4. The summed E-state index contributed by atoms with van der Waals surface area (Å²) in [6, 6.07) is 0. The molecule has 0 aromatic heterocycles. The Morgan fingerprint density at radius 3 is 1.02 bits per heavy atom. The fraction of sp³-hybridized carbons (Fsp3) is 0.969. The lowest BCUT2D eigenvalue weighted by atomic mass is 10.0. The number of esters is 1. The SMILES string of the molecule is CCCCCCCCCCCCCCCC(=O)OCCOCCOCCOCCOCCOCCOCCCC. The minimum absolute atomic E-state index is 0.121. The van der Waals surface area contributed by atoms with E-state index in [-0.39, 0.29) is 5.97 Å². The van der Waals surface area contributed by atoms with Gasteiger partial charge in [-0.15, -0.1) is 0 Å². The van der Waals surface area contributed by atoms with E-state index in [4.69, 9.17) is 33.2 Å². The molecule has 0 aromatic carbocycles. The second-order valence-corrected chi connectivity index (χ2v) is 10.2. The Morgan fingerprint density at radius 1 is 0.350 bits per heavy atom. The first kappa shape index (κ1) is 39.2. The molecule has 0 heterocycles. The van der Waals surface area contributed by atoms with E-state index in [1.54, 1.807) is 0 Å². The first-order valence-electron chi connectivity index (χ1n) is 16.4. The first-order chi connectivity index (χ1) is 19.8. The summed E-state index contributed by atoms with van der Waals surface area (Å²) in [4.78, 5) is 11.8. The molecule has 0 aliphatic rings. The van der Waals surface area contributed by atoms with Crippen molar-refractivity contribution >= 4 is 5.97 Å². The monoisotopic (exact) mass is 576 g/mol. The molecule has 0 atom stereocenters. The minimum Gasteiger partial charge on any atom is -0.463 e. The molecule has 0 spiro atoms. The lowest BCUT2D eigenvalue weighted by Gasteiger charge is -2.08. The number of carbonyl (C=O) groups is 1. The molecule has 0 aliphatic carbocycles. The van der Waals surface area contributed by atoms with Crippen LogP contribution < -0.4 is 0 Å². The van der Waals surface area contributed by atoms with Crippen molar-refractivity contribution in [1.29, 1.82) is 0 Å². The molecule has 8 heteroatoms. The molecule has 0 aliphatic heterocycles. The number of hydrogen-bond acceptors (Lipinski definition) is 8. The highest BCUT2D eigenvalue weighted by Gasteiger charge is 2.03. The fourth-order valence-electron chi connectivity index (χ4n) is 4.02. The van der Waals surface area contributed by atoms with Gasteiger partial charge in [-0.25, -0.2) is 0 Å². The van der Waals surface area contributed by atoms with Crippen LogP contribution in [-0.2, 0) is 38.0 Å². The van der Waals surface area contributed by atoms with Crippen LogP contribution in [0.25, 0.3) is 0 Å². The van der Waals surface area contributed by atoms with Crippen molar-refractivity contribution in [3.05, 3.63) is 0 Å². The highest BCUT2D eigenvalue weighted by Crippen LogP contribution is 2.13. The van der Waals surface area contributed by atoms with Crippen LogP contribution in [0.4, 0.5) is 0 Å². The summed E-state index contributed by atoms with van der Waals surface area (Å²) < 4.78 is 37.9. The van der Waals surface area contributed by atoms with Crippen molar-refractivity contribution in [3.63, 3.8) is 0 Å². The van der Waals surface area contributed by atoms with Crippen LogP contribution in [0.15, 0.2) is 0 Å². The van der Waals surface area contributed by atoms with Gasteiger partial charge in [-0.1, -0.05) is 97.3 Å². The van der Waals surface area contributed by atoms with Gasteiger partial charge in [0.05, 0.1) is 72.7 Å². The van der Waals surface area contributed by atoms with Gasteiger partial charge in [0, 0.05) is 13.0 Å². The predicted molar refractivity (Wildman–Crippen MR) is 161 cm³/mol. The normalized spacial score (nSPS) is 11.3. The zero-order valence-electron chi connectivity index (χ0n) is 26.3. The van der Waals surface area contributed by atoms with E-state index in [2.05, 4.69) is 13.8 Å². The van der Waals surface area contributed by atoms with Crippen molar-refractivity contribution in [2.45, 2.75) is 117 Å². The molecule has 0 radical (unpaired) electrons. The Morgan fingerprint density at radius 2 is 0.650 bits per heavy atom. The summed E-state index contributed by atoms with van der Waals surface area (Å²) >= 11 is 0. The fourth-order valence-corrected chi connectivity index (χ4v) is 4.02. The van der Waals surface area contributed by atoms with Gasteiger partial charge < -0.3 is 33.2 Å². The lowest BCUT2D eigenvalue weighted by Crippen LogP contribution is -2.15. The quantitative estimate of drug-likeness (QED) is 0.0595. The van der Waals surface area contributed by atoms with Crippen molar-refractivity contribution < 1.29 is 38.0 Å². The number of carbonyl (C=O) groups excluding carboxylic acids is 1. The molecule has 0 aromatic rings. The topological polar surface area (TPSA) is 81.7 Å². The van der Waals surface area contributed by atoms with E-state index in [0.717, 1.165) is 32.3 Å². The number of unbranched alkanes of at least 4 members (excludes halogenated alkanes) is 13. The molecule has 0 unspecified atom stereocenters. The largest absolute Gasteiger partial charge is 0.463 e. The molecule has 40 heavy (non-hydrogen) atoms. The molecule has 0 rings (SSSR count).